The van der Waals surface area contributed by atoms with Gasteiger partial charge in [-0.15, -0.1) is 11.6 Å². The zero-order chi connectivity index (χ0) is 2.71. The summed E-state index contributed by atoms with van der Waals surface area (Å²) in [6.45, 7) is 1.89. The molecule has 4 heavy (non-hydrogen) atoms. The summed E-state index contributed by atoms with van der Waals surface area (Å²) in [5, 5.41) is 0. The van der Waals surface area contributed by atoms with Gasteiger partial charge in [0.25, 0.3) is 0 Å². The summed E-state index contributed by atoms with van der Waals surface area (Å²) < 4.78 is 0. The first-order valence-electron chi connectivity index (χ1n) is 0.974. The van der Waals surface area contributed by atoms with E-state index in [1.54, 1.807) is 0 Å². The normalized spacial score (nSPS) is 4.50. The lowest BCUT2D eigenvalue weighted by atomic mass is 11.0. The number of alkyl halides is 1. The van der Waals surface area contributed by atoms with Crippen molar-refractivity contribution in [1.29, 1.82) is 0 Å². The monoisotopic (exact) mass is 82.0 g/mol. The van der Waals surface area contributed by atoms with Crippen LogP contribution in [-0.2, 0) is 0 Å². The van der Waals surface area contributed by atoms with E-state index in [2.05, 4.69) is 0 Å². The van der Waals surface area contributed by atoms with Crippen molar-refractivity contribution in [2.24, 2.45) is 0 Å². The van der Waals surface area contributed by atoms with Gasteiger partial charge in [0.2, 0.25) is 0 Å². The Morgan fingerprint density at radius 2 is 1.75 bits per heavy atom. The van der Waals surface area contributed by atoms with Crippen LogP contribution >= 0.6 is 11.6 Å². The summed E-state index contributed by atoms with van der Waals surface area (Å²) in [7, 11) is 0. The van der Waals surface area contributed by atoms with E-state index in [9.17, 15) is 0 Å². The standard InChI is InChI=1S/C2H5Cl.H2O/c1-2-3;/h2H2,1H3;1H2. The second-order valence-corrected chi connectivity index (χ2v) is 0.802. The summed E-state index contributed by atoms with van der Waals surface area (Å²) in [6, 6.07) is 0. The third-order valence-electron chi connectivity index (χ3n) is 0. The van der Waals surface area contributed by atoms with E-state index in [1.807, 2.05) is 6.92 Å². The molecule has 0 fully saturated rings. The van der Waals surface area contributed by atoms with E-state index in [1.165, 1.54) is 0 Å². The SMILES string of the molecule is CCCl.O. The van der Waals surface area contributed by atoms with Crippen LogP contribution in [0.5, 0.6) is 0 Å². The topological polar surface area (TPSA) is 31.5 Å². The number of halogens is 1. The molecule has 0 bridgehead atoms. The van der Waals surface area contributed by atoms with E-state index in [4.69, 9.17) is 11.6 Å². The Morgan fingerprint density at radius 3 is 1.75 bits per heavy atom. The van der Waals surface area contributed by atoms with Gasteiger partial charge in [-0.3, -0.25) is 0 Å². The summed E-state index contributed by atoms with van der Waals surface area (Å²) in [5.41, 5.74) is 0. The van der Waals surface area contributed by atoms with Gasteiger partial charge in [0.05, 0.1) is 0 Å². The Kier molecular flexibility index (Phi) is 23.3. The predicted molar refractivity (Wildman–Crippen MR) is 20.0 cm³/mol. The first kappa shape index (κ1) is 8.87. The molecule has 0 aliphatic heterocycles. The smallest absolute Gasteiger partial charge is 0.0195 e. The van der Waals surface area contributed by atoms with Crippen LogP contribution in [0.2, 0.25) is 0 Å². The van der Waals surface area contributed by atoms with Crippen molar-refractivity contribution in [2.45, 2.75) is 6.92 Å². The highest BCUT2D eigenvalue weighted by Crippen LogP contribution is 1.59. The molecule has 0 rings (SSSR count). The quantitative estimate of drug-likeness (QED) is 0.380. The Hall–Kier alpha value is 0.250. The van der Waals surface area contributed by atoms with Crippen LogP contribution < -0.4 is 0 Å². The predicted octanol–water partition coefficient (Wildman–Crippen LogP) is 0.420. The third kappa shape index (κ3) is 56.3. The van der Waals surface area contributed by atoms with Crippen molar-refractivity contribution in [3.63, 3.8) is 0 Å². The number of hydrogen-bond donors (Lipinski definition) is 0. The molecule has 0 saturated heterocycles. The van der Waals surface area contributed by atoms with E-state index in [-0.39, 0.29) is 5.48 Å². The average molecular weight is 82.5 g/mol. The molecule has 0 saturated carbocycles. The summed E-state index contributed by atoms with van der Waals surface area (Å²) in [6.07, 6.45) is 0. The van der Waals surface area contributed by atoms with Gasteiger partial charge in [0.1, 0.15) is 0 Å². The lowest BCUT2D eigenvalue weighted by Crippen LogP contribution is -1.36. The van der Waals surface area contributed by atoms with Crippen LogP contribution in [0.3, 0.4) is 0 Å². The Bertz CT molecular complexity index is 6.00. The first-order valence-corrected chi connectivity index (χ1v) is 1.51. The lowest BCUT2D eigenvalue weighted by Gasteiger charge is -1.45. The maximum Gasteiger partial charge on any atom is 0.0195 e. The molecule has 0 spiro atoms. The van der Waals surface area contributed by atoms with Crippen molar-refractivity contribution >= 4 is 11.6 Å². The van der Waals surface area contributed by atoms with E-state index >= 15 is 0 Å². The number of rotatable bonds is 0. The molecule has 0 aliphatic rings. The average Bonchev–Trinajstić information content (AvgIpc) is 0.918. The van der Waals surface area contributed by atoms with E-state index in [0.29, 0.717) is 0 Å². The van der Waals surface area contributed by atoms with Crippen molar-refractivity contribution in [3.05, 3.63) is 0 Å². The molecule has 0 aromatic rings. The molecule has 1 nitrogen and oxygen atoms in total. The van der Waals surface area contributed by atoms with Gasteiger partial charge in [-0.25, -0.2) is 0 Å². The molecule has 0 unspecified atom stereocenters. The van der Waals surface area contributed by atoms with Gasteiger partial charge in [0.15, 0.2) is 0 Å². The zero-order valence-corrected chi connectivity index (χ0v) is 3.34. The minimum atomic E-state index is 0. The fourth-order valence-corrected chi connectivity index (χ4v) is 0. The zero-order valence-electron chi connectivity index (χ0n) is 2.59. The summed E-state index contributed by atoms with van der Waals surface area (Å²) >= 11 is 5.00. The minimum Gasteiger partial charge on any atom is -0.412 e. The van der Waals surface area contributed by atoms with Crippen molar-refractivity contribution in [2.75, 3.05) is 5.88 Å². The van der Waals surface area contributed by atoms with Gasteiger partial charge < -0.3 is 5.48 Å². The minimum absolute atomic E-state index is 0. The van der Waals surface area contributed by atoms with Crippen molar-refractivity contribution in [1.82, 2.24) is 0 Å². The number of hydrogen-bond acceptors (Lipinski definition) is 0. The molecule has 0 radical (unpaired) electrons. The second-order valence-electron chi connectivity index (χ2n) is 0.267. The molecule has 2 N–H and O–H groups in total. The second kappa shape index (κ2) is 10.5. The lowest BCUT2D eigenvalue weighted by molar-refractivity contribution is 0.824. The molecule has 0 aliphatic carbocycles. The van der Waals surface area contributed by atoms with Crippen LogP contribution in [0.15, 0.2) is 0 Å². The molecule has 0 heterocycles. The Balaban J connectivity index is 0. The van der Waals surface area contributed by atoms with E-state index < -0.39 is 0 Å². The highest BCUT2D eigenvalue weighted by atomic mass is 35.5. The van der Waals surface area contributed by atoms with Crippen LogP contribution in [0.4, 0.5) is 0 Å². The first-order chi connectivity index (χ1) is 1.41. The van der Waals surface area contributed by atoms with Crippen LogP contribution in [0.1, 0.15) is 6.92 Å². The van der Waals surface area contributed by atoms with Crippen LogP contribution in [0.25, 0.3) is 0 Å². The maximum atomic E-state index is 5.00. The summed E-state index contributed by atoms with van der Waals surface area (Å²) in [4.78, 5) is 0. The van der Waals surface area contributed by atoms with Gasteiger partial charge in [-0.1, -0.05) is 6.92 Å². The van der Waals surface area contributed by atoms with Crippen molar-refractivity contribution in [3.8, 4) is 0 Å². The highest BCUT2D eigenvalue weighted by Gasteiger charge is 1.38. The van der Waals surface area contributed by atoms with Crippen molar-refractivity contribution < 1.29 is 5.48 Å². The molecule has 28 valence electrons. The Labute approximate surface area is 30.9 Å². The fraction of sp³-hybridized carbons (Fsp3) is 1.00. The largest absolute Gasteiger partial charge is 0.412 e. The van der Waals surface area contributed by atoms with Gasteiger partial charge in [-0.05, 0) is 0 Å². The van der Waals surface area contributed by atoms with Gasteiger partial charge in [-0.2, -0.15) is 0 Å². The molecule has 0 amide bonds. The molecule has 0 aromatic heterocycles. The van der Waals surface area contributed by atoms with Crippen LogP contribution in [0, 0.1) is 0 Å². The summed E-state index contributed by atoms with van der Waals surface area (Å²) in [5.74, 6) is 0.722. The fourth-order valence-electron chi connectivity index (χ4n) is 0. The third-order valence-corrected chi connectivity index (χ3v) is 0. The van der Waals surface area contributed by atoms with Gasteiger partial charge in [0, 0.05) is 5.88 Å². The van der Waals surface area contributed by atoms with Crippen LogP contribution in [-0.4, -0.2) is 11.4 Å². The molecular formula is C2H7ClO. The molecule has 0 atom stereocenters. The molecule has 0 aromatic carbocycles. The Morgan fingerprint density at radius 1 is 1.75 bits per heavy atom. The molecular weight excluding hydrogens is 75.5 g/mol. The molecule has 2 heteroatoms. The highest BCUT2D eigenvalue weighted by molar-refractivity contribution is 6.17. The van der Waals surface area contributed by atoms with E-state index in [0.717, 1.165) is 5.88 Å². The maximum absolute atomic E-state index is 5.00. The van der Waals surface area contributed by atoms with Gasteiger partial charge >= 0.3 is 0 Å².